The van der Waals surface area contributed by atoms with Crippen molar-refractivity contribution in [2.45, 2.75) is 25.4 Å². The van der Waals surface area contributed by atoms with Gasteiger partial charge in [0.05, 0.1) is 11.5 Å². The molecule has 90 valence electrons. The topological polar surface area (TPSA) is 60.9 Å². The molecule has 2 amide bonds. The van der Waals surface area contributed by atoms with Crippen molar-refractivity contribution < 1.29 is 14.7 Å². The molecule has 2 aliphatic rings. The number of carbonyl (C=O) groups is 2. The second kappa shape index (κ2) is 3.73. The van der Waals surface area contributed by atoms with E-state index in [9.17, 15) is 14.7 Å². The van der Waals surface area contributed by atoms with Gasteiger partial charge in [0.2, 0.25) is 11.8 Å². The average molecular weight is 226 g/mol. The molecule has 5 heteroatoms. The van der Waals surface area contributed by atoms with Crippen molar-refractivity contribution >= 4 is 11.8 Å². The first kappa shape index (κ1) is 11.4. The summed E-state index contributed by atoms with van der Waals surface area (Å²) in [5.41, 5.74) is -0.760. The summed E-state index contributed by atoms with van der Waals surface area (Å²) in [5.74, 6) is -0.175. The van der Waals surface area contributed by atoms with Gasteiger partial charge in [-0.1, -0.05) is 0 Å². The Hall–Kier alpha value is -1.10. The predicted molar refractivity (Wildman–Crippen MR) is 57.6 cm³/mol. The van der Waals surface area contributed by atoms with E-state index in [4.69, 9.17) is 0 Å². The largest absolute Gasteiger partial charge is 0.388 e. The van der Waals surface area contributed by atoms with Crippen molar-refractivity contribution in [3.05, 3.63) is 0 Å². The molecule has 16 heavy (non-hydrogen) atoms. The highest BCUT2D eigenvalue weighted by atomic mass is 16.3. The first-order chi connectivity index (χ1) is 7.39. The maximum atomic E-state index is 12.1. The molecule has 0 radical (unpaired) electrons. The van der Waals surface area contributed by atoms with Crippen LogP contribution in [0.5, 0.6) is 0 Å². The van der Waals surface area contributed by atoms with Gasteiger partial charge < -0.3 is 14.9 Å². The van der Waals surface area contributed by atoms with Crippen LogP contribution in [0.4, 0.5) is 0 Å². The molecule has 0 spiro atoms. The summed E-state index contributed by atoms with van der Waals surface area (Å²) in [6, 6.07) is 0. The highest BCUT2D eigenvalue weighted by Crippen LogP contribution is 2.25. The second-order valence-corrected chi connectivity index (χ2v) is 5.18. The lowest BCUT2D eigenvalue weighted by atomic mass is 10.1. The summed E-state index contributed by atoms with van der Waals surface area (Å²) in [5, 5.41) is 9.79. The molecule has 5 nitrogen and oxygen atoms in total. The van der Waals surface area contributed by atoms with Crippen molar-refractivity contribution in [3.63, 3.8) is 0 Å². The predicted octanol–water partition coefficient (Wildman–Crippen LogP) is -0.552. The van der Waals surface area contributed by atoms with E-state index in [2.05, 4.69) is 0 Å². The molecule has 2 heterocycles. The summed E-state index contributed by atoms with van der Waals surface area (Å²) in [4.78, 5) is 26.7. The average Bonchev–Trinajstić information content (AvgIpc) is 2.70. The zero-order valence-corrected chi connectivity index (χ0v) is 9.77. The number of aliphatic hydroxyl groups is 1. The molecular formula is C11H18N2O3. The number of hydrogen-bond donors (Lipinski definition) is 1. The van der Waals surface area contributed by atoms with Crippen LogP contribution in [0.2, 0.25) is 0 Å². The van der Waals surface area contributed by atoms with Gasteiger partial charge in [-0.2, -0.15) is 0 Å². The van der Waals surface area contributed by atoms with E-state index < -0.39 is 5.60 Å². The van der Waals surface area contributed by atoms with E-state index >= 15 is 0 Å². The van der Waals surface area contributed by atoms with Crippen LogP contribution in [-0.2, 0) is 9.59 Å². The van der Waals surface area contributed by atoms with E-state index in [1.54, 1.807) is 23.8 Å². The molecule has 2 rings (SSSR count). The Morgan fingerprint density at radius 2 is 2.25 bits per heavy atom. The third-order valence-corrected chi connectivity index (χ3v) is 3.45. The van der Waals surface area contributed by atoms with E-state index in [0.717, 1.165) is 0 Å². The first-order valence-electron chi connectivity index (χ1n) is 5.64. The van der Waals surface area contributed by atoms with Gasteiger partial charge in [-0.05, 0) is 13.3 Å². The van der Waals surface area contributed by atoms with Gasteiger partial charge in [-0.15, -0.1) is 0 Å². The molecule has 0 aromatic heterocycles. The molecule has 0 aliphatic carbocycles. The summed E-state index contributed by atoms with van der Waals surface area (Å²) in [7, 11) is 1.72. The van der Waals surface area contributed by atoms with Crippen molar-refractivity contribution in [2.75, 3.05) is 26.7 Å². The van der Waals surface area contributed by atoms with Crippen molar-refractivity contribution in [1.29, 1.82) is 0 Å². The quantitative estimate of drug-likeness (QED) is 0.652. The second-order valence-electron chi connectivity index (χ2n) is 5.18. The fourth-order valence-corrected chi connectivity index (χ4v) is 2.42. The van der Waals surface area contributed by atoms with Crippen molar-refractivity contribution in [1.82, 2.24) is 9.80 Å². The van der Waals surface area contributed by atoms with E-state index in [-0.39, 0.29) is 17.7 Å². The minimum atomic E-state index is -0.760. The van der Waals surface area contributed by atoms with Crippen LogP contribution in [0.1, 0.15) is 19.8 Å². The number of hydrogen-bond acceptors (Lipinski definition) is 3. The lowest BCUT2D eigenvalue weighted by Gasteiger charge is -2.21. The van der Waals surface area contributed by atoms with Crippen LogP contribution in [0.15, 0.2) is 0 Å². The van der Waals surface area contributed by atoms with Crippen molar-refractivity contribution in [3.8, 4) is 0 Å². The van der Waals surface area contributed by atoms with Gasteiger partial charge in [0.1, 0.15) is 0 Å². The minimum absolute atomic E-state index is 0.00970. The lowest BCUT2D eigenvalue weighted by molar-refractivity contribution is -0.135. The Morgan fingerprint density at radius 1 is 1.56 bits per heavy atom. The number of likely N-dealkylation sites (tertiary alicyclic amines) is 2. The van der Waals surface area contributed by atoms with Gasteiger partial charge >= 0.3 is 0 Å². The highest BCUT2D eigenvalue weighted by Gasteiger charge is 2.40. The van der Waals surface area contributed by atoms with Gasteiger partial charge in [0, 0.05) is 33.1 Å². The first-order valence-corrected chi connectivity index (χ1v) is 5.64. The summed E-state index contributed by atoms with van der Waals surface area (Å²) in [6.07, 6.45) is 0.934. The van der Waals surface area contributed by atoms with Crippen LogP contribution < -0.4 is 0 Å². The number of rotatable bonds is 1. The summed E-state index contributed by atoms with van der Waals surface area (Å²) < 4.78 is 0. The Labute approximate surface area is 95.0 Å². The summed E-state index contributed by atoms with van der Waals surface area (Å²) in [6.45, 7) is 3.24. The third kappa shape index (κ3) is 2.04. The molecule has 2 fully saturated rings. The molecule has 0 aromatic carbocycles. The van der Waals surface area contributed by atoms with Crippen LogP contribution in [0.3, 0.4) is 0 Å². The minimum Gasteiger partial charge on any atom is -0.388 e. The lowest BCUT2D eigenvalue weighted by Crippen LogP contribution is -2.38. The standard InChI is InChI=1S/C11H18N2O3/c1-11(16)3-4-13(7-11)10(15)8-5-9(14)12(2)6-8/h8,16H,3-7H2,1-2H3. The maximum Gasteiger partial charge on any atom is 0.228 e. The number of β-amino-alcohol motifs (C(OH)–C–C–N with tert-alkyl or cyclic N) is 1. The molecule has 0 aromatic rings. The van der Waals surface area contributed by atoms with E-state index in [1.807, 2.05) is 0 Å². The number of nitrogens with zero attached hydrogens (tertiary/aromatic N) is 2. The SMILES string of the molecule is CN1CC(C(=O)N2CCC(C)(O)C2)CC1=O. The molecule has 2 unspecified atom stereocenters. The zero-order chi connectivity index (χ0) is 11.9. The Morgan fingerprint density at radius 3 is 2.69 bits per heavy atom. The van der Waals surface area contributed by atoms with E-state index in [1.165, 1.54) is 0 Å². The Balaban J connectivity index is 1.97. The van der Waals surface area contributed by atoms with E-state index in [0.29, 0.717) is 32.5 Å². The zero-order valence-electron chi connectivity index (χ0n) is 9.77. The van der Waals surface area contributed by atoms with Crippen LogP contribution in [0.25, 0.3) is 0 Å². The normalized spacial score (nSPS) is 34.9. The smallest absolute Gasteiger partial charge is 0.228 e. The van der Waals surface area contributed by atoms with Crippen LogP contribution >= 0.6 is 0 Å². The Bertz CT molecular complexity index is 327. The highest BCUT2D eigenvalue weighted by molar-refractivity contribution is 5.89. The fourth-order valence-electron chi connectivity index (χ4n) is 2.42. The molecule has 2 saturated heterocycles. The molecular weight excluding hydrogens is 208 g/mol. The Kier molecular flexibility index (Phi) is 2.66. The summed E-state index contributed by atoms with van der Waals surface area (Å²) >= 11 is 0. The molecule has 2 aliphatic heterocycles. The van der Waals surface area contributed by atoms with Gasteiger partial charge in [0.15, 0.2) is 0 Å². The molecule has 2 atom stereocenters. The van der Waals surface area contributed by atoms with Gasteiger partial charge in [0.25, 0.3) is 0 Å². The molecule has 0 bridgehead atoms. The maximum absolute atomic E-state index is 12.1. The number of amides is 2. The van der Waals surface area contributed by atoms with Crippen LogP contribution in [-0.4, -0.2) is 59.0 Å². The van der Waals surface area contributed by atoms with Crippen molar-refractivity contribution in [2.24, 2.45) is 5.92 Å². The number of carbonyl (C=O) groups excluding carboxylic acids is 2. The molecule has 1 N–H and O–H groups in total. The van der Waals surface area contributed by atoms with Crippen LogP contribution in [0, 0.1) is 5.92 Å². The molecule has 0 saturated carbocycles. The van der Waals surface area contributed by atoms with Gasteiger partial charge in [-0.3, -0.25) is 9.59 Å². The fraction of sp³-hybridized carbons (Fsp3) is 0.818. The third-order valence-electron chi connectivity index (χ3n) is 3.45. The van der Waals surface area contributed by atoms with Gasteiger partial charge in [-0.25, -0.2) is 0 Å². The monoisotopic (exact) mass is 226 g/mol.